The summed E-state index contributed by atoms with van der Waals surface area (Å²) in [4.78, 5) is 6.54. The lowest BCUT2D eigenvalue weighted by Gasteiger charge is -2.31. The molecule has 0 aliphatic carbocycles. The topological polar surface area (TPSA) is 45.6 Å². The highest BCUT2D eigenvalue weighted by molar-refractivity contribution is 7.92. The highest BCUT2D eigenvalue weighted by Gasteiger charge is 2.19. The van der Waals surface area contributed by atoms with Crippen LogP contribution in [0.1, 0.15) is 18.4 Å². The van der Waals surface area contributed by atoms with Crippen LogP contribution < -0.4 is 0 Å². The van der Waals surface area contributed by atoms with Crippen LogP contribution in [-0.2, 0) is 16.3 Å². The SMILES string of the molecule is CS(C)(=O)=NCC1CCN(Cc2ccc(Cl)nc2)CC1. The van der Waals surface area contributed by atoms with Crippen LogP contribution >= 0.6 is 11.6 Å². The Morgan fingerprint density at radius 1 is 1.40 bits per heavy atom. The molecule has 112 valence electrons. The van der Waals surface area contributed by atoms with E-state index in [4.69, 9.17) is 11.6 Å². The quantitative estimate of drug-likeness (QED) is 0.802. The van der Waals surface area contributed by atoms with Crippen LogP contribution in [0.25, 0.3) is 0 Å². The van der Waals surface area contributed by atoms with E-state index in [2.05, 4.69) is 14.2 Å². The molecule has 0 spiro atoms. The lowest BCUT2D eigenvalue weighted by molar-refractivity contribution is 0.180. The average molecular weight is 316 g/mol. The Morgan fingerprint density at radius 3 is 2.65 bits per heavy atom. The minimum atomic E-state index is -1.95. The summed E-state index contributed by atoms with van der Waals surface area (Å²) in [6, 6.07) is 3.86. The van der Waals surface area contributed by atoms with Gasteiger partial charge in [-0.25, -0.2) is 9.35 Å². The standard InChI is InChI=1S/C14H22ClN3OS/c1-20(2,19)17-10-12-5-7-18(8-6-12)11-13-3-4-14(15)16-9-13/h3-4,9,12H,5-8,10-11H2,1-2H3. The fourth-order valence-electron chi connectivity index (χ4n) is 2.37. The smallest absolute Gasteiger partial charge is 0.129 e. The Balaban J connectivity index is 1.80. The molecule has 0 bridgehead atoms. The summed E-state index contributed by atoms with van der Waals surface area (Å²) in [6.45, 7) is 3.80. The van der Waals surface area contributed by atoms with Gasteiger partial charge in [-0.1, -0.05) is 17.7 Å². The largest absolute Gasteiger partial charge is 0.299 e. The number of hydrogen-bond acceptors (Lipinski definition) is 4. The minimum Gasteiger partial charge on any atom is -0.299 e. The van der Waals surface area contributed by atoms with Crippen molar-refractivity contribution in [2.45, 2.75) is 19.4 Å². The molecule has 1 saturated heterocycles. The molecule has 0 amide bonds. The highest BCUT2D eigenvalue weighted by atomic mass is 35.5. The normalized spacial score (nSPS) is 18.1. The predicted molar refractivity (Wildman–Crippen MR) is 84.5 cm³/mol. The second-order valence-electron chi connectivity index (χ2n) is 5.70. The number of aromatic nitrogens is 1. The average Bonchev–Trinajstić information content (AvgIpc) is 2.40. The molecule has 0 atom stereocenters. The summed E-state index contributed by atoms with van der Waals surface area (Å²) in [5.41, 5.74) is 1.20. The minimum absolute atomic E-state index is 0.539. The van der Waals surface area contributed by atoms with Gasteiger partial charge in [-0.3, -0.25) is 9.11 Å². The Morgan fingerprint density at radius 2 is 2.10 bits per heavy atom. The van der Waals surface area contributed by atoms with Crippen molar-refractivity contribution in [1.29, 1.82) is 0 Å². The van der Waals surface area contributed by atoms with E-state index < -0.39 is 9.73 Å². The number of pyridine rings is 1. The second kappa shape index (κ2) is 6.87. The van der Waals surface area contributed by atoms with Gasteiger partial charge in [-0.15, -0.1) is 0 Å². The van der Waals surface area contributed by atoms with Crippen molar-refractivity contribution in [3.63, 3.8) is 0 Å². The van der Waals surface area contributed by atoms with Gasteiger partial charge in [0.1, 0.15) is 5.15 Å². The fourth-order valence-corrected chi connectivity index (χ4v) is 3.05. The molecule has 1 aromatic rings. The first-order chi connectivity index (χ1) is 9.42. The van der Waals surface area contributed by atoms with Gasteiger partial charge in [0.2, 0.25) is 0 Å². The van der Waals surface area contributed by atoms with E-state index in [0.717, 1.165) is 39.0 Å². The first-order valence-corrected chi connectivity index (χ1v) is 9.59. The maximum Gasteiger partial charge on any atom is 0.129 e. The molecule has 1 aliphatic rings. The molecule has 0 N–H and O–H groups in total. The van der Waals surface area contributed by atoms with E-state index in [9.17, 15) is 4.21 Å². The van der Waals surface area contributed by atoms with Crippen LogP contribution in [0.4, 0.5) is 0 Å². The predicted octanol–water partition coefficient (Wildman–Crippen LogP) is 2.67. The second-order valence-corrected chi connectivity index (χ2v) is 8.71. The molecule has 2 heterocycles. The molecular formula is C14H22ClN3OS. The first-order valence-electron chi connectivity index (χ1n) is 6.88. The summed E-state index contributed by atoms with van der Waals surface area (Å²) < 4.78 is 15.9. The van der Waals surface area contributed by atoms with Crippen LogP contribution in [0.5, 0.6) is 0 Å². The molecule has 6 heteroatoms. The van der Waals surface area contributed by atoms with Crippen molar-refractivity contribution in [3.8, 4) is 0 Å². The zero-order chi connectivity index (χ0) is 14.6. The van der Waals surface area contributed by atoms with E-state index in [0.29, 0.717) is 11.1 Å². The van der Waals surface area contributed by atoms with Gasteiger partial charge in [-0.2, -0.15) is 0 Å². The molecule has 0 aromatic carbocycles. The molecule has 0 unspecified atom stereocenters. The molecule has 20 heavy (non-hydrogen) atoms. The Bertz CT molecular complexity index is 536. The van der Waals surface area contributed by atoms with E-state index >= 15 is 0 Å². The van der Waals surface area contributed by atoms with Gasteiger partial charge >= 0.3 is 0 Å². The lowest BCUT2D eigenvalue weighted by Crippen LogP contribution is -2.34. The third-order valence-electron chi connectivity index (χ3n) is 3.55. The van der Waals surface area contributed by atoms with Crippen molar-refractivity contribution in [2.75, 3.05) is 32.1 Å². The number of hydrogen-bond donors (Lipinski definition) is 0. The zero-order valence-electron chi connectivity index (χ0n) is 12.1. The summed E-state index contributed by atoms with van der Waals surface area (Å²) >= 11 is 5.79. The van der Waals surface area contributed by atoms with E-state index in [1.54, 1.807) is 12.5 Å². The third kappa shape index (κ3) is 5.38. The molecule has 0 radical (unpaired) electrons. The van der Waals surface area contributed by atoms with Crippen LogP contribution in [0.3, 0.4) is 0 Å². The van der Waals surface area contributed by atoms with Gasteiger partial charge in [0.15, 0.2) is 0 Å². The van der Waals surface area contributed by atoms with Gasteiger partial charge in [-0.05, 0) is 43.5 Å². The molecule has 1 aliphatic heterocycles. The van der Waals surface area contributed by atoms with E-state index in [1.165, 1.54) is 5.56 Å². The highest BCUT2D eigenvalue weighted by Crippen LogP contribution is 2.19. The third-order valence-corrected chi connectivity index (χ3v) is 4.54. The number of likely N-dealkylation sites (tertiary alicyclic amines) is 1. The Kier molecular flexibility index (Phi) is 5.41. The van der Waals surface area contributed by atoms with Crippen LogP contribution in [-0.4, -0.2) is 46.2 Å². The summed E-state index contributed by atoms with van der Waals surface area (Å²) in [5, 5.41) is 0.539. The number of rotatable bonds is 4. The molecule has 1 fully saturated rings. The molecule has 4 nitrogen and oxygen atoms in total. The van der Waals surface area contributed by atoms with Gasteiger partial charge < -0.3 is 0 Å². The van der Waals surface area contributed by atoms with Crippen LogP contribution in [0.15, 0.2) is 22.7 Å². The zero-order valence-corrected chi connectivity index (χ0v) is 13.7. The van der Waals surface area contributed by atoms with Crippen molar-refractivity contribution in [1.82, 2.24) is 9.88 Å². The van der Waals surface area contributed by atoms with Crippen LogP contribution in [0, 0.1) is 5.92 Å². The first kappa shape index (κ1) is 15.7. The monoisotopic (exact) mass is 315 g/mol. The summed E-state index contributed by atoms with van der Waals surface area (Å²) in [6.07, 6.45) is 7.50. The van der Waals surface area contributed by atoms with Crippen LogP contribution in [0.2, 0.25) is 5.15 Å². The molecule has 2 rings (SSSR count). The lowest BCUT2D eigenvalue weighted by atomic mass is 9.97. The molecule has 1 aromatic heterocycles. The van der Waals surface area contributed by atoms with E-state index in [-0.39, 0.29) is 0 Å². The van der Waals surface area contributed by atoms with Crippen molar-refractivity contribution in [2.24, 2.45) is 10.3 Å². The number of piperidine rings is 1. The Hall–Kier alpha value is -0.650. The van der Waals surface area contributed by atoms with Gasteiger partial charge in [0.25, 0.3) is 0 Å². The Labute approximate surface area is 126 Å². The fraction of sp³-hybridized carbons (Fsp3) is 0.643. The summed E-state index contributed by atoms with van der Waals surface area (Å²) in [5.74, 6) is 0.579. The summed E-state index contributed by atoms with van der Waals surface area (Å²) in [7, 11) is -1.95. The van der Waals surface area contributed by atoms with Crippen molar-refractivity contribution < 1.29 is 4.21 Å². The van der Waals surface area contributed by atoms with E-state index in [1.807, 2.05) is 18.3 Å². The van der Waals surface area contributed by atoms with Crippen molar-refractivity contribution in [3.05, 3.63) is 29.0 Å². The molecule has 0 saturated carbocycles. The molecular weight excluding hydrogens is 294 g/mol. The maximum absolute atomic E-state index is 11.6. The van der Waals surface area contributed by atoms with Crippen molar-refractivity contribution >= 4 is 21.3 Å². The number of halogens is 1. The number of nitrogens with zero attached hydrogens (tertiary/aromatic N) is 3. The maximum atomic E-state index is 11.6. The van der Waals surface area contributed by atoms with Gasteiger partial charge in [0.05, 0.1) is 6.54 Å². The van der Waals surface area contributed by atoms with Gasteiger partial charge in [0, 0.05) is 35.0 Å².